The molecule has 0 aromatic heterocycles. The van der Waals surface area contributed by atoms with Crippen LogP contribution in [0.15, 0.2) is 19.5 Å². The quantitative estimate of drug-likeness (QED) is 0.797. The van der Waals surface area contributed by atoms with Gasteiger partial charge in [0.15, 0.2) is 0 Å². The number of benzene rings is 1. The minimum atomic E-state index is 0.196. The first kappa shape index (κ1) is 11.5. The fourth-order valence-electron chi connectivity index (χ4n) is 0.902. The van der Waals surface area contributed by atoms with E-state index in [2.05, 4.69) is 47.8 Å². The third-order valence-corrected chi connectivity index (χ3v) is 5.07. The molecule has 0 saturated carbocycles. The number of rotatable bonds is 2. The van der Waals surface area contributed by atoms with Crippen LogP contribution >= 0.6 is 47.8 Å². The van der Waals surface area contributed by atoms with Crippen molar-refractivity contribution < 1.29 is 9.84 Å². The summed E-state index contributed by atoms with van der Waals surface area (Å²) < 4.78 is 7.30. The zero-order valence-corrected chi connectivity index (χ0v) is 11.5. The molecule has 0 heterocycles. The van der Waals surface area contributed by atoms with Crippen LogP contribution in [0.2, 0.25) is 0 Å². The molecule has 1 aromatic rings. The highest BCUT2D eigenvalue weighted by molar-refractivity contribution is 9.14. The molecule has 0 radical (unpaired) electrons. The van der Waals surface area contributed by atoms with Crippen LogP contribution < -0.4 is 0 Å². The molecule has 2 nitrogen and oxygen atoms in total. The zero-order valence-electron chi connectivity index (χ0n) is 6.77. The first-order chi connectivity index (χ1) is 6.07. The van der Waals surface area contributed by atoms with E-state index < -0.39 is 0 Å². The van der Waals surface area contributed by atoms with Crippen molar-refractivity contribution in [3.8, 4) is 5.75 Å². The third-order valence-electron chi connectivity index (χ3n) is 1.50. The molecule has 0 atom stereocenters. The van der Waals surface area contributed by atoms with Gasteiger partial charge in [-0.1, -0.05) is 0 Å². The van der Waals surface area contributed by atoms with E-state index in [0.29, 0.717) is 11.1 Å². The largest absolute Gasteiger partial charge is 0.507 e. The lowest BCUT2D eigenvalue weighted by atomic mass is 10.2. The fraction of sp³-hybridized carbons (Fsp3) is 0.250. The molecule has 0 saturated heterocycles. The minimum Gasteiger partial charge on any atom is -0.507 e. The molecule has 0 aliphatic heterocycles. The van der Waals surface area contributed by atoms with Crippen LogP contribution in [-0.2, 0) is 11.3 Å². The lowest BCUT2D eigenvalue weighted by Crippen LogP contribution is -1.90. The van der Waals surface area contributed by atoms with Crippen molar-refractivity contribution in [3.05, 3.63) is 25.0 Å². The van der Waals surface area contributed by atoms with Crippen LogP contribution in [0.3, 0.4) is 0 Å². The van der Waals surface area contributed by atoms with E-state index in [0.717, 1.165) is 14.5 Å². The van der Waals surface area contributed by atoms with Crippen LogP contribution in [0.25, 0.3) is 0 Å². The SMILES string of the molecule is COCc1cc(O)c(Br)c(Br)c1Br. The topological polar surface area (TPSA) is 29.5 Å². The Morgan fingerprint density at radius 2 is 1.85 bits per heavy atom. The third kappa shape index (κ3) is 2.46. The molecule has 0 fully saturated rings. The predicted molar refractivity (Wildman–Crippen MR) is 61.9 cm³/mol. The normalized spacial score (nSPS) is 10.5. The van der Waals surface area contributed by atoms with E-state index in [-0.39, 0.29) is 5.75 Å². The maximum Gasteiger partial charge on any atom is 0.131 e. The molecule has 0 amide bonds. The summed E-state index contributed by atoms with van der Waals surface area (Å²) in [5.74, 6) is 0.196. The minimum absolute atomic E-state index is 0.196. The van der Waals surface area contributed by atoms with Crippen molar-refractivity contribution in [3.63, 3.8) is 0 Å². The molecule has 0 bridgehead atoms. The van der Waals surface area contributed by atoms with Crippen molar-refractivity contribution in [1.29, 1.82) is 0 Å². The van der Waals surface area contributed by atoms with Gasteiger partial charge in [-0.05, 0) is 59.4 Å². The van der Waals surface area contributed by atoms with Gasteiger partial charge in [-0.2, -0.15) is 0 Å². The monoisotopic (exact) mass is 372 g/mol. The second kappa shape index (κ2) is 4.77. The number of halogens is 3. The highest BCUT2D eigenvalue weighted by Crippen LogP contribution is 2.39. The summed E-state index contributed by atoms with van der Waals surface area (Å²) in [6, 6.07) is 1.66. The van der Waals surface area contributed by atoms with E-state index in [4.69, 9.17) is 4.74 Å². The standard InChI is InChI=1S/C8H7Br3O2/c1-13-3-4-2-5(12)7(10)8(11)6(4)9/h2,12H,3H2,1H3. The Kier molecular flexibility index (Phi) is 4.22. The Labute approximate surface area is 102 Å². The summed E-state index contributed by atoms with van der Waals surface area (Å²) in [5, 5.41) is 9.48. The molecule has 72 valence electrons. The highest BCUT2D eigenvalue weighted by atomic mass is 79.9. The van der Waals surface area contributed by atoms with E-state index >= 15 is 0 Å². The Balaban J connectivity index is 3.24. The molecule has 0 spiro atoms. The lowest BCUT2D eigenvalue weighted by molar-refractivity contribution is 0.184. The van der Waals surface area contributed by atoms with Gasteiger partial charge in [-0.15, -0.1) is 0 Å². The predicted octanol–water partition coefficient (Wildman–Crippen LogP) is 3.83. The number of aromatic hydroxyl groups is 1. The molecule has 5 heteroatoms. The van der Waals surface area contributed by atoms with Gasteiger partial charge in [0, 0.05) is 11.6 Å². The fourth-order valence-corrected chi connectivity index (χ4v) is 2.37. The lowest BCUT2D eigenvalue weighted by Gasteiger charge is -2.08. The number of phenolic OH excluding ortho intramolecular Hbond substituents is 1. The number of hydrogen-bond acceptors (Lipinski definition) is 2. The Bertz CT molecular complexity index is 326. The Hall–Kier alpha value is 0.420. The van der Waals surface area contributed by atoms with Crippen LogP contribution in [-0.4, -0.2) is 12.2 Å². The van der Waals surface area contributed by atoms with Crippen molar-refractivity contribution in [2.75, 3.05) is 7.11 Å². The van der Waals surface area contributed by atoms with Gasteiger partial charge in [0.25, 0.3) is 0 Å². The number of ether oxygens (including phenoxy) is 1. The molecule has 1 N–H and O–H groups in total. The van der Waals surface area contributed by atoms with Gasteiger partial charge in [0.05, 0.1) is 15.6 Å². The second-order valence-corrected chi connectivity index (χ2v) is 4.81. The molecular formula is C8H7Br3O2. The van der Waals surface area contributed by atoms with Gasteiger partial charge < -0.3 is 9.84 Å². The first-order valence-electron chi connectivity index (χ1n) is 3.42. The summed E-state index contributed by atoms with van der Waals surface area (Å²) in [6.45, 7) is 0.458. The van der Waals surface area contributed by atoms with Crippen LogP contribution in [0.4, 0.5) is 0 Å². The van der Waals surface area contributed by atoms with Gasteiger partial charge in [0.1, 0.15) is 5.75 Å². The summed E-state index contributed by atoms with van der Waals surface area (Å²) in [6.07, 6.45) is 0. The summed E-state index contributed by atoms with van der Waals surface area (Å²) in [4.78, 5) is 0. The van der Waals surface area contributed by atoms with Crippen LogP contribution in [0.1, 0.15) is 5.56 Å². The number of methoxy groups -OCH3 is 1. The van der Waals surface area contributed by atoms with Gasteiger partial charge in [-0.3, -0.25) is 0 Å². The maximum atomic E-state index is 9.48. The van der Waals surface area contributed by atoms with Crippen molar-refractivity contribution in [2.24, 2.45) is 0 Å². The zero-order chi connectivity index (χ0) is 10.0. The Morgan fingerprint density at radius 3 is 2.38 bits per heavy atom. The molecule has 13 heavy (non-hydrogen) atoms. The maximum absolute atomic E-state index is 9.48. The molecule has 0 aliphatic rings. The Morgan fingerprint density at radius 1 is 1.23 bits per heavy atom. The molecule has 0 unspecified atom stereocenters. The van der Waals surface area contributed by atoms with Crippen LogP contribution in [0.5, 0.6) is 5.75 Å². The van der Waals surface area contributed by atoms with Crippen molar-refractivity contribution in [2.45, 2.75) is 6.61 Å². The van der Waals surface area contributed by atoms with E-state index in [1.807, 2.05) is 0 Å². The van der Waals surface area contributed by atoms with Crippen molar-refractivity contribution in [1.82, 2.24) is 0 Å². The van der Waals surface area contributed by atoms with Gasteiger partial charge >= 0.3 is 0 Å². The summed E-state index contributed by atoms with van der Waals surface area (Å²) >= 11 is 9.99. The van der Waals surface area contributed by atoms with E-state index in [1.54, 1.807) is 13.2 Å². The van der Waals surface area contributed by atoms with Crippen LogP contribution in [0, 0.1) is 0 Å². The summed E-state index contributed by atoms with van der Waals surface area (Å²) in [5.41, 5.74) is 0.898. The van der Waals surface area contributed by atoms with E-state index in [9.17, 15) is 5.11 Å². The second-order valence-electron chi connectivity index (χ2n) is 2.43. The van der Waals surface area contributed by atoms with E-state index in [1.165, 1.54) is 0 Å². The molecular weight excluding hydrogens is 368 g/mol. The van der Waals surface area contributed by atoms with Gasteiger partial charge in [0.2, 0.25) is 0 Å². The highest BCUT2D eigenvalue weighted by Gasteiger charge is 2.11. The average Bonchev–Trinajstić information content (AvgIpc) is 2.11. The summed E-state index contributed by atoms with van der Waals surface area (Å²) in [7, 11) is 1.61. The smallest absolute Gasteiger partial charge is 0.131 e. The average molecular weight is 375 g/mol. The molecule has 1 rings (SSSR count). The molecule has 1 aromatic carbocycles. The van der Waals surface area contributed by atoms with Gasteiger partial charge in [-0.25, -0.2) is 0 Å². The number of hydrogen-bond donors (Lipinski definition) is 1. The molecule has 0 aliphatic carbocycles. The number of phenols is 1. The first-order valence-corrected chi connectivity index (χ1v) is 5.80. The van der Waals surface area contributed by atoms with Crippen molar-refractivity contribution >= 4 is 47.8 Å².